The van der Waals surface area contributed by atoms with E-state index in [1.54, 1.807) is 14.0 Å². The monoisotopic (exact) mass is 404 g/mol. The number of methoxy groups -OCH3 is 1. The summed E-state index contributed by atoms with van der Waals surface area (Å²) in [5.41, 5.74) is 1.49. The van der Waals surface area contributed by atoms with Crippen LogP contribution >= 0.6 is 11.3 Å². The summed E-state index contributed by atoms with van der Waals surface area (Å²) in [6.45, 7) is 8.13. The average molecular weight is 405 g/mol. The van der Waals surface area contributed by atoms with E-state index in [2.05, 4.69) is 24.1 Å². The molecule has 0 spiro atoms. The Morgan fingerprint density at radius 3 is 2.68 bits per heavy atom. The summed E-state index contributed by atoms with van der Waals surface area (Å²) >= 11 is 1.41. The highest BCUT2D eigenvalue weighted by atomic mass is 32.1. The molecule has 6 nitrogen and oxygen atoms in total. The lowest BCUT2D eigenvalue weighted by Gasteiger charge is -2.19. The van der Waals surface area contributed by atoms with E-state index in [1.165, 1.54) is 11.3 Å². The van der Waals surface area contributed by atoms with Crippen LogP contribution in [0.3, 0.4) is 0 Å². The molecule has 0 aliphatic heterocycles. The Hall–Kier alpha value is -2.41. The van der Waals surface area contributed by atoms with Gasteiger partial charge >= 0.3 is 5.97 Å². The SMILES string of the molecule is CCOC(=O)CC(NC(=O)c1sc(CC(C)C)nc1C)c1cccc(OC)c1. The van der Waals surface area contributed by atoms with Crippen LogP contribution in [0.25, 0.3) is 0 Å². The van der Waals surface area contributed by atoms with Gasteiger partial charge in [0.05, 0.1) is 36.9 Å². The van der Waals surface area contributed by atoms with Crippen molar-refractivity contribution in [3.05, 3.63) is 45.4 Å². The van der Waals surface area contributed by atoms with Gasteiger partial charge in [0.15, 0.2) is 0 Å². The van der Waals surface area contributed by atoms with E-state index >= 15 is 0 Å². The molecule has 0 aliphatic carbocycles. The number of aryl methyl sites for hydroxylation is 1. The van der Waals surface area contributed by atoms with Crippen molar-refractivity contribution in [3.63, 3.8) is 0 Å². The van der Waals surface area contributed by atoms with Gasteiger partial charge < -0.3 is 14.8 Å². The lowest BCUT2D eigenvalue weighted by molar-refractivity contribution is -0.143. The Morgan fingerprint density at radius 1 is 1.29 bits per heavy atom. The van der Waals surface area contributed by atoms with E-state index in [-0.39, 0.29) is 18.3 Å². The molecular weight excluding hydrogens is 376 g/mol. The Labute approximate surface area is 170 Å². The number of nitrogens with one attached hydrogen (secondary N) is 1. The lowest BCUT2D eigenvalue weighted by atomic mass is 10.0. The van der Waals surface area contributed by atoms with Crippen LogP contribution in [0.2, 0.25) is 0 Å². The predicted molar refractivity (Wildman–Crippen MR) is 110 cm³/mol. The Bertz CT molecular complexity index is 816. The standard InChI is InChI=1S/C21H28N2O4S/c1-6-27-19(24)12-17(15-8-7-9-16(11-15)26-5)23-21(25)20-14(4)22-18(28-20)10-13(2)3/h7-9,11,13,17H,6,10,12H2,1-5H3,(H,23,25). The van der Waals surface area contributed by atoms with Crippen molar-refractivity contribution in [1.29, 1.82) is 0 Å². The third-order valence-electron chi connectivity index (χ3n) is 4.11. The number of hydrogen-bond acceptors (Lipinski definition) is 6. The molecular formula is C21H28N2O4S. The van der Waals surface area contributed by atoms with E-state index < -0.39 is 6.04 Å². The minimum atomic E-state index is -0.517. The molecule has 0 saturated heterocycles. The summed E-state index contributed by atoms with van der Waals surface area (Å²) in [6, 6.07) is 6.80. The number of amides is 1. The molecule has 1 aromatic carbocycles. The highest BCUT2D eigenvalue weighted by Gasteiger charge is 2.23. The number of carbonyl (C=O) groups excluding carboxylic acids is 2. The molecule has 2 aromatic rings. The fraction of sp³-hybridized carbons (Fsp3) is 0.476. The van der Waals surface area contributed by atoms with Gasteiger partial charge in [0.25, 0.3) is 5.91 Å². The maximum Gasteiger partial charge on any atom is 0.308 e. The quantitative estimate of drug-likeness (QED) is 0.637. The predicted octanol–water partition coefficient (Wildman–Crippen LogP) is 4.08. The fourth-order valence-corrected chi connectivity index (χ4v) is 4.00. The summed E-state index contributed by atoms with van der Waals surface area (Å²) in [4.78, 5) is 30.1. The van der Waals surface area contributed by atoms with Gasteiger partial charge in [-0.1, -0.05) is 26.0 Å². The zero-order chi connectivity index (χ0) is 20.7. The molecule has 1 aromatic heterocycles. The molecule has 152 valence electrons. The van der Waals surface area contributed by atoms with Crippen molar-refractivity contribution in [2.45, 2.75) is 46.6 Å². The molecule has 2 rings (SSSR count). The summed E-state index contributed by atoms with van der Waals surface area (Å²) in [7, 11) is 1.58. The van der Waals surface area contributed by atoms with Crippen LogP contribution < -0.4 is 10.1 Å². The van der Waals surface area contributed by atoms with E-state index in [0.717, 1.165) is 17.0 Å². The number of benzene rings is 1. The van der Waals surface area contributed by atoms with E-state index in [9.17, 15) is 9.59 Å². The lowest BCUT2D eigenvalue weighted by Crippen LogP contribution is -2.30. The van der Waals surface area contributed by atoms with Gasteiger partial charge in [0.2, 0.25) is 0 Å². The smallest absolute Gasteiger partial charge is 0.308 e. The first-order valence-electron chi connectivity index (χ1n) is 9.40. The minimum absolute atomic E-state index is 0.0451. The molecule has 7 heteroatoms. The van der Waals surface area contributed by atoms with Gasteiger partial charge in [-0.3, -0.25) is 9.59 Å². The number of thiazole rings is 1. The second kappa shape index (κ2) is 10.2. The maximum absolute atomic E-state index is 12.9. The first-order valence-corrected chi connectivity index (χ1v) is 10.2. The van der Waals surface area contributed by atoms with E-state index in [4.69, 9.17) is 9.47 Å². The molecule has 0 saturated carbocycles. The first kappa shape index (κ1) is 21.9. The Balaban J connectivity index is 2.24. The molecule has 1 atom stereocenters. The summed E-state index contributed by atoms with van der Waals surface area (Å²) in [6.07, 6.45) is 0.879. The van der Waals surface area contributed by atoms with Gasteiger partial charge in [-0.05, 0) is 37.5 Å². The van der Waals surface area contributed by atoms with Crippen LogP contribution in [0.1, 0.15) is 59.2 Å². The fourth-order valence-electron chi connectivity index (χ4n) is 2.82. The number of ether oxygens (including phenoxy) is 2. The zero-order valence-electron chi connectivity index (χ0n) is 17.1. The second-order valence-corrected chi connectivity index (χ2v) is 8.02. The van der Waals surface area contributed by atoms with Crippen molar-refractivity contribution >= 4 is 23.2 Å². The maximum atomic E-state index is 12.9. The van der Waals surface area contributed by atoms with Crippen LogP contribution in [-0.2, 0) is 16.0 Å². The van der Waals surface area contributed by atoms with Gasteiger partial charge in [-0.15, -0.1) is 11.3 Å². The van der Waals surface area contributed by atoms with Crippen molar-refractivity contribution in [2.75, 3.05) is 13.7 Å². The Kier molecular flexibility index (Phi) is 7.99. The molecule has 1 amide bonds. The molecule has 28 heavy (non-hydrogen) atoms. The van der Waals surface area contributed by atoms with Crippen LogP contribution in [0, 0.1) is 12.8 Å². The molecule has 0 radical (unpaired) electrons. The topological polar surface area (TPSA) is 77.5 Å². The zero-order valence-corrected chi connectivity index (χ0v) is 17.9. The minimum Gasteiger partial charge on any atom is -0.497 e. The number of aromatic nitrogens is 1. The van der Waals surface area contributed by atoms with Gasteiger partial charge in [-0.25, -0.2) is 4.98 Å². The molecule has 1 unspecified atom stereocenters. The summed E-state index contributed by atoms with van der Waals surface area (Å²) in [5.74, 6) is 0.530. The summed E-state index contributed by atoms with van der Waals surface area (Å²) < 4.78 is 10.3. The van der Waals surface area contributed by atoms with Crippen molar-refractivity contribution in [2.24, 2.45) is 5.92 Å². The number of hydrogen-bond donors (Lipinski definition) is 1. The third-order valence-corrected chi connectivity index (χ3v) is 5.29. The van der Waals surface area contributed by atoms with Crippen LogP contribution in [-0.4, -0.2) is 30.6 Å². The first-order chi connectivity index (χ1) is 13.3. The largest absolute Gasteiger partial charge is 0.497 e. The molecule has 0 aliphatic rings. The van der Waals surface area contributed by atoms with Gasteiger partial charge in [0.1, 0.15) is 10.6 Å². The molecule has 0 fully saturated rings. The van der Waals surface area contributed by atoms with Crippen molar-refractivity contribution < 1.29 is 19.1 Å². The normalized spacial score (nSPS) is 11.9. The van der Waals surface area contributed by atoms with Crippen LogP contribution in [0.5, 0.6) is 5.75 Å². The highest BCUT2D eigenvalue weighted by Crippen LogP contribution is 2.25. The Morgan fingerprint density at radius 2 is 2.04 bits per heavy atom. The average Bonchev–Trinajstić information content (AvgIpc) is 3.00. The van der Waals surface area contributed by atoms with Crippen LogP contribution in [0.15, 0.2) is 24.3 Å². The van der Waals surface area contributed by atoms with Gasteiger partial charge in [-0.2, -0.15) is 0 Å². The van der Waals surface area contributed by atoms with E-state index in [0.29, 0.717) is 28.8 Å². The van der Waals surface area contributed by atoms with Crippen molar-refractivity contribution in [1.82, 2.24) is 10.3 Å². The molecule has 1 N–H and O–H groups in total. The number of nitrogens with zero attached hydrogens (tertiary/aromatic N) is 1. The van der Waals surface area contributed by atoms with Crippen molar-refractivity contribution in [3.8, 4) is 5.75 Å². The molecule has 0 bridgehead atoms. The number of rotatable bonds is 9. The van der Waals surface area contributed by atoms with Crippen LogP contribution in [0.4, 0.5) is 0 Å². The number of carbonyl (C=O) groups is 2. The highest BCUT2D eigenvalue weighted by molar-refractivity contribution is 7.13. The molecule has 1 heterocycles. The second-order valence-electron chi connectivity index (χ2n) is 6.93. The number of esters is 1. The van der Waals surface area contributed by atoms with E-state index in [1.807, 2.05) is 31.2 Å². The van der Waals surface area contributed by atoms with Gasteiger partial charge in [0, 0.05) is 6.42 Å². The third kappa shape index (κ3) is 6.05. The summed E-state index contributed by atoms with van der Waals surface area (Å²) in [5, 5.41) is 3.92.